The molecule has 3 N–H and O–H groups in total. The predicted octanol–water partition coefficient (Wildman–Crippen LogP) is 2.60. The molecule has 8 heteroatoms. The van der Waals surface area contributed by atoms with Gasteiger partial charge in [-0.25, -0.2) is 19.3 Å². The topological polar surface area (TPSA) is 80.5 Å². The Hall–Kier alpha value is -2.22. The third-order valence-electron chi connectivity index (χ3n) is 2.78. The first-order chi connectivity index (χ1) is 9.60. The van der Waals surface area contributed by atoms with Crippen molar-refractivity contribution in [1.82, 2.24) is 19.9 Å². The summed E-state index contributed by atoms with van der Waals surface area (Å²) in [5.41, 5.74) is 6.56. The number of H-pyrrole nitrogens is 1. The average molecular weight is 293 g/mol. The number of nitrogen functional groups attached to an aromatic ring is 1. The van der Waals surface area contributed by atoms with Gasteiger partial charge in [0.05, 0.1) is 6.20 Å². The number of thioether (sulfide) groups is 1. The minimum Gasteiger partial charge on any atom is -0.381 e. The second-order valence-corrected chi connectivity index (χ2v) is 4.80. The molecule has 0 aromatic carbocycles. The molecule has 5 nitrogen and oxygen atoms in total. The highest BCUT2D eigenvalue weighted by Crippen LogP contribution is 2.29. The summed E-state index contributed by atoms with van der Waals surface area (Å²) in [6.07, 6.45) is 4.38. The van der Waals surface area contributed by atoms with Crippen molar-refractivity contribution in [3.63, 3.8) is 0 Å². The normalized spacial score (nSPS) is 11.2. The molecule has 0 amide bonds. The van der Waals surface area contributed by atoms with Gasteiger partial charge in [-0.15, -0.1) is 11.8 Å². The number of hydrogen-bond acceptors (Lipinski definition) is 5. The van der Waals surface area contributed by atoms with Crippen LogP contribution in [0.3, 0.4) is 0 Å². The minimum atomic E-state index is -0.648. The van der Waals surface area contributed by atoms with E-state index in [0.29, 0.717) is 16.6 Å². The monoisotopic (exact) mass is 293 g/mol. The van der Waals surface area contributed by atoms with Crippen LogP contribution < -0.4 is 5.73 Å². The first-order valence-corrected chi connectivity index (χ1v) is 6.82. The standard InChI is InChI=1S/C12H9F2N5S/c1-20-12-8(14)9(15)18-11(19-12)7-4-17-10-6(7)2-5(13)3-16-10/h2-4H,1H3,(H,16,17)(H2,15,18,19). The van der Waals surface area contributed by atoms with Crippen LogP contribution >= 0.6 is 11.8 Å². The number of rotatable bonds is 2. The number of anilines is 1. The fourth-order valence-corrected chi connectivity index (χ4v) is 2.32. The minimum absolute atomic E-state index is 0.145. The van der Waals surface area contributed by atoms with Gasteiger partial charge >= 0.3 is 0 Å². The Labute approximate surface area is 116 Å². The van der Waals surface area contributed by atoms with Crippen LogP contribution in [0.25, 0.3) is 22.4 Å². The van der Waals surface area contributed by atoms with Crippen molar-refractivity contribution >= 4 is 28.6 Å². The second kappa shape index (κ2) is 4.71. The van der Waals surface area contributed by atoms with Gasteiger partial charge < -0.3 is 10.7 Å². The first-order valence-electron chi connectivity index (χ1n) is 5.60. The van der Waals surface area contributed by atoms with Crippen LogP contribution in [0.4, 0.5) is 14.6 Å². The number of halogens is 2. The summed E-state index contributed by atoms with van der Waals surface area (Å²) in [4.78, 5) is 14.8. The third-order valence-corrected chi connectivity index (χ3v) is 3.44. The average Bonchev–Trinajstić information content (AvgIpc) is 2.84. The van der Waals surface area contributed by atoms with Gasteiger partial charge in [0.2, 0.25) is 0 Å². The Balaban J connectivity index is 2.25. The maximum atomic E-state index is 13.7. The molecule has 0 fully saturated rings. The van der Waals surface area contributed by atoms with Gasteiger partial charge in [-0.3, -0.25) is 0 Å². The summed E-state index contributed by atoms with van der Waals surface area (Å²) in [7, 11) is 0. The van der Waals surface area contributed by atoms with Crippen LogP contribution in [0.1, 0.15) is 0 Å². The molecule has 3 rings (SSSR count). The van der Waals surface area contributed by atoms with Gasteiger partial charge in [0.25, 0.3) is 0 Å². The van der Waals surface area contributed by atoms with E-state index in [2.05, 4.69) is 19.9 Å². The molecule has 3 heterocycles. The molecule has 3 aromatic heterocycles. The molecule has 0 bridgehead atoms. The summed E-state index contributed by atoms with van der Waals surface area (Å²) < 4.78 is 26.9. The van der Waals surface area contributed by atoms with Crippen molar-refractivity contribution in [2.45, 2.75) is 5.03 Å². The van der Waals surface area contributed by atoms with Crippen molar-refractivity contribution in [1.29, 1.82) is 0 Å². The third kappa shape index (κ3) is 1.97. The van der Waals surface area contributed by atoms with E-state index >= 15 is 0 Å². The highest BCUT2D eigenvalue weighted by molar-refractivity contribution is 7.98. The quantitative estimate of drug-likeness (QED) is 0.561. The number of nitrogens with one attached hydrogen (secondary N) is 1. The summed E-state index contributed by atoms with van der Waals surface area (Å²) in [6, 6.07) is 1.32. The summed E-state index contributed by atoms with van der Waals surface area (Å²) >= 11 is 1.12. The van der Waals surface area contributed by atoms with Gasteiger partial charge in [-0.2, -0.15) is 4.39 Å². The van der Waals surface area contributed by atoms with Crippen molar-refractivity contribution in [2.24, 2.45) is 0 Å². The summed E-state index contributed by atoms with van der Waals surface area (Å²) in [5, 5.41) is 0.661. The number of nitrogens with zero attached hydrogens (tertiary/aromatic N) is 3. The molecule has 3 aromatic rings. The zero-order valence-electron chi connectivity index (χ0n) is 10.3. The van der Waals surface area contributed by atoms with E-state index in [1.807, 2.05) is 0 Å². The van der Waals surface area contributed by atoms with Crippen LogP contribution in [-0.4, -0.2) is 26.2 Å². The van der Waals surface area contributed by atoms with Crippen molar-refractivity contribution < 1.29 is 8.78 Å². The predicted molar refractivity (Wildman–Crippen MR) is 73.2 cm³/mol. The number of pyridine rings is 1. The Bertz CT molecular complexity index is 802. The number of nitrogens with two attached hydrogens (primary N) is 1. The van der Waals surface area contributed by atoms with Crippen molar-refractivity contribution in [2.75, 3.05) is 12.0 Å². The van der Waals surface area contributed by atoms with E-state index in [9.17, 15) is 8.78 Å². The van der Waals surface area contributed by atoms with Gasteiger partial charge in [0, 0.05) is 17.1 Å². The lowest BCUT2D eigenvalue weighted by atomic mass is 10.2. The first kappa shape index (κ1) is 12.8. The van der Waals surface area contributed by atoms with Gasteiger partial charge in [-0.05, 0) is 12.3 Å². The SMILES string of the molecule is CSc1nc(-c2c[nH]c3ncc(F)cc23)nc(N)c1F. The largest absolute Gasteiger partial charge is 0.381 e. The van der Waals surface area contributed by atoms with E-state index in [0.717, 1.165) is 18.0 Å². The van der Waals surface area contributed by atoms with E-state index < -0.39 is 11.6 Å². The number of fused-ring (bicyclic) bond motifs is 1. The fourth-order valence-electron chi connectivity index (χ4n) is 1.86. The van der Waals surface area contributed by atoms with Gasteiger partial charge in [0.1, 0.15) is 16.5 Å². The molecule has 0 saturated heterocycles. The molecular weight excluding hydrogens is 284 g/mol. The number of hydrogen-bond donors (Lipinski definition) is 2. The smallest absolute Gasteiger partial charge is 0.197 e. The van der Waals surface area contributed by atoms with Crippen LogP contribution in [0.15, 0.2) is 23.5 Å². The molecule has 102 valence electrons. The van der Waals surface area contributed by atoms with Crippen LogP contribution in [0.2, 0.25) is 0 Å². The zero-order valence-corrected chi connectivity index (χ0v) is 11.1. The molecule has 0 spiro atoms. The Kier molecular flexibility index (Phi) is 3.01. The molecule has 0 aliphatic carbocycles. The maximum absolute atomic E-state index is 13.7. The van der Waals surface area contributed by atoms with Gasteiger partial charge in [-0.1, -0.05) is 0 Å². The van der Waals surface area contributed by atoms with E-state index in [1.165, 1.54) is 6.07 Å². The molecule has 20 heavy (non-hydrogen) atoms. The highest BCUT2D eigenvalue weighted by Gasteiger charge is 2.16. The van der Waals surface area contributed by atoms with E-state index in [4.69, 9.17) is 5.73 Å². The molecule has 0 saturated carbocycles. The lowest BCUT2D eigenvalue weighted by Crippen LogP contribution is -2.02. The van der Waals surface area contributed by atoms with Crippen molar-refractivity contribution in [3.05, 3.63) is 30.1 Å². The van der Waals surface area contributed by atoms with Crippen molar-refractivity contribution in [3.8, 4) is 11.4 Å². The van der Waals surface area contributed by atoms with Crippen LogP contribution in [-0.2, 0) is 0 Å². The maximum Gasteiger partial charge on any atom is 0.197 e. The lowest BCUT2D eigenvalue weighted by Gasteiger charge is -2.05. The molecule has 0 aliphatic rings. The summed E-state index contributed by atoms with van der Waals surface area (Å²) in [6.45, 7) is 0. The fraction of sp³-hybridized carbons (Fsp3) is 0.0833. The van der Waals surface area contributed by atoms with Crippen LogP contribution in [0, 0.1) is 11.6 Å². The molecule has 0 atom stereocenters. The van der Waals surface area contributed by atoms with E-state index in [-0.39, 0.29) is 16.7 Å². The second-order valence-electron chi connectivity index (χ2n) is 4.01. The highest BCUT2D eigenvalue weighted by atomic mass is 32.2. The Morgan fingerprint density at radius 1 is 1.30 bits per heavy atom. The number of aromatic amines is 1. The van der Waals surface area contributed by atoms with Crippen LogP contribution in [0.5, 0.6) is 0 Å². The summed E-state index contributed by atoms with van der Waals surface area (Å²) in [5.74, 6) is -1.13. The molecular formula is C12H9F2N5S. The molecule has 0 aliphatic heterocycles. The van der Waals surface area contributed by atoms with E-state index in [1.54, 1.807) is 12.5 Å². The molecule has 0 unspecified atom stereocenters. The van der Waals surface area contributed by atoms with Gasteiger partial charge in [0.15, 0.2) is 17.5 Å². The zero-order chi connectivity index (χ0) is 14.3. The number of aromatic nitrogens is 4. The Morgan fingerprint density at radius 3 is 2.85 bits per heavy atom. The Morgan fingerprint density at radius 2 is 2.10 bits per heavy atom. The molecule has 0 radical (unpaired) electrons. The lowest BCUT2D eigenvalue weighted by molar-refractivity contribution is 0.587.